The predicted octanol–water partition coefficient (Wildman–Crippen LogP) is 2.19. The number of hydrogen-bond donors (Lipinski definition) is 0. The van der Waals surface area contributed by atoms with Crippen LogP contribution in [0.2, 0.25) is 0 Å². The molecule has 0 aliphatic carbocycles. The first-order valence-electron chi connectivity index (χ1n) is 4.95. The quantitative estimate of drug-likeness (QED) is 0.578. The van der Waals surface area contributed by atoms with E-state index in [1.54, 1.807) is 0 Å². The molecule has 1 aliphatic heterocycles. The standard InChI is InChI=1S/C9H15ClNO4PS/c1-5(10)14-8(13)11-4-17-9(2,3)6(11)7(12)15-16/h5-6H,4,16H2,1-3H3/t5?,6-/m0/s1. The summed E-state index contributed by atoms with van der Waals surface area (Å²) in [5, 5.41) is 0. The average Bonchev–Trinajstić information content (AvgIpc) is 2.52. The third-order valence-electron chi connectivity index (χ3n) is 2.38. The van der Waals surface area contributed by atoms with Gasteiger partial charge in [0.2, 0.25) is 0 Å². The molecular formula is C9H15ClNO4PS. The molecule has 0 aromatic carbocycles. The number of ether oxygens (including phenoxy) is 1. The summed E-state index contributed by atoms with van der Waals surface area (Å²) in [6.45, 7) is 5.29. The smallest absolute Gasteiger partial charge is 0.412 e. The molecule has 0 N–H and O–H groups in total. The van der Waals surface area contributed by atoms with E-state index in [9.17, 15) is 9.59 Å². The Morgan fingerprint density at radius 3 is 2.65 bits per heavy atom. The maximum absolute atomic E-state index is 11.8. The van der Waals surface area contributed by atoms with Crippen molar-refractivity contribution < 1.29 is 18.8 Å². The Balaban J connectivity index is 2.85. The second-order valence-corrected chi connectivity index (χ2v) is 6.56. The molecule has 0 spiro atoms. The van der Waals surface area contributed by atoms with Crippen LogP contribution in [0.15, 0.2) is 0 Å². The van der Waals surface area contributed by atoms with Gasteiger partial charge in [-0.3, -0.25) is 4.90 Å². The zero-order valence-corrected chi connectivity index (χ0v) is 12.5. The minimum atomic E-state index is -0.733. The van der Waals surface area contributed by atoms with Crippen LogP contribution < -0.4 is 0 Å². The number of alkyl halides is 1. The summed E-state index contributed by atoms with van der Waals surface area (Å²) >= 11 is 7.07. The Morgan fingerprint density at radius 1 is 1.59 bits per heavy atom. The largest absolute Gasteiger partial charge is 0.450 e. The molecule has 8 heteroatoms. The SMILES string of the molecule is CC(Cl)OC(=O)N1CSC(C)(C)[C@@H]1C(=O)OP. The van der Waals surface area contributed by atoms with Gasteiger partial charge >= 0.3 is 12.1 Å². The van der Waals surface area contributed by atoms with Gasteiger partial charge in [0.15, 0.2) is 5.56 Å². The van der Waals surface area contributed by atoms with Gasteiger partial charge < -0.3 is 9.26 Å². The zero-order valence-electron chi connectivity index (χ0n) is 9.81. The van der Waals surface area contributed by atoms with E-state index in [-0.39, 0.29) is 0 Å². The number of amides is 1. The molecule has 2 unspecified atom stereocenters. The summed E-state index contributed by atoms with van der Waals surface area (Å²) < 4.78 is 9.10. The van der Waals surface area contributed by atoms with Crippen molar-refractivity contribution in [2.45, 2.75) is 37.1 Å². The maximum atomic E-state index is 11.8. The molecule has 0 radical (unpaired) electrons. The minimum Gasteiger partial charge on any atom is -0.450 e. The first-order valence-corrected chi connectivity index (χ1v) is 6.85. The summed E-state index contributed by atoms with van der Waals surface area (Å²) in [4.78, 5) is 24.8. The van der Waals surface area contributed by atoms with Crippen molar-refractivity contribution >= 4 is 44.9 Å². The fourth-order valence-electron chi connectivity index (χ4n) is 1.60. The van der Waals surface area contributed by atoms with Crippen molar-refractivity contribution in [1.29, 1.82) is 0 Å². The molecule has 98 valence electrons. The van der Waals surface area contributed by atoms with E-state index in [2.05, 4.69) is 4.52 Å². The van der Waals surface area contributed by atoms with Gasteiger partial charge in [-0.05, 0) is 20.8 Å². The molecule has 0 bridgehead atoms. The summed E-state index contributed by atoms with van der Waals surface area (Å²) in [6, 6.07) is -0.673. The van der Waals surface area contributed by atoms with Gasteiger partial charge in [0, 0.05) is 4.75 Å². The lowest BCUT2D eigenvalue weighted by Gasteiger charge is -2.28. The van der Waals surface area contributed by atoms with E-state index in [0.29, 0.717) is 5.88 Å². The van der Waals surface area contributed by atoms with E-state index < -0.39 is 28.4 Å². The lowest BCUT2D eigenvalue weighted by molar-refractivity contribution is -0.138. The molecule has 1 rings (SSSR count). The van der Waals surface area contributed by atoms with Crippen LogP contribution in [0.4, 0.5) is 4.79 Å². The van der Waals surface area contributed by atoms with Crippen LogP contribution in [0.3, 0.4) is 0 Å². The average molecular weight is 300 g/mol. The van der Waals surface area contributed by atoms with Gasteiger partial charge in [0.1, 0.15) is 6.04 Å². The second kappa shape index (κ2) is 5.63. The number of carbonyl (C=O) groups excluding carboxylic acids is 2. The van der Waals surface area contributed by atoms with Crippen molar-refractivity contribution in [2.24, 2.45) is 0 Å². The molecule has 1 fully saturated rings. The Hall–Kier alpha value is -0.190. The third-order valence-corrected chi connectivity index (χ3v) is 4.08. The van der Waals surface area contributed by atoms with Gasteiger partial charge in [0.25, 0.3) is 0 Å². The normalized spacial score (nSPS) is 24.3. The zero-order chi connectivity index (χ0) is 13.2. The summed E-state index contributed by atoms with van der Waals surface area (Å²) in [7, 11) is 1.90. The van der Waals surface area contributed by atoms with Crippen molar-refractivity contribution in [3.63, 3.8) is 0 Å². The second-order valence-electron chi connectivity index (χ2n) is 4.11. The molecule has 1 amide bonds. The van der Waals surface area contributed by atoms with Crippen LogP contribution in [0, 0.1) is 0 Å². The molecule has 0 saturated carbocycles. The summed E-state index contributed by atoms with van der Waals surface area (Å²) in [5.41, 5.74) is -0.733. The predicted molar refractivity (Wildman–Crippen MR) is 69.8 cm³/mol. The minimum absolute atomic E-state index is 0.375. The van der Waals surface area contributed by atoms with E-state index in [0.717, 1.165) is 0 Å². The van der Waals surface area contributed by atoms with Gasteiger partial charge in [-0.25, -0.2) is 9.59 Å². The van der Waals surface area contributed by atoms with E-state index >= 15 is 0 Å². The molecule has 1 aliphatic rings. The molecule has 0 aromatic rings. The third kappa shape index (κ3) is 3.39. The Kier molecular flexibility index (Phi) is 4.93. The van der Waals surface area contributed by atoms with Crippen LogP contribution in [0.5, 0.6) is 0 Å². The van der Waals surface area contributed by atoms with Gasteiger partial charge in [-0.15, -0.1) is 11.8 Å². The lowest BCUT2D eigenvalue weighted by Crippen LogP contribution is -2.49. The number of halogens is 1. The first-order chi connectivity index (χ1) is 7.79. The van der Waals surface area contributed by atoms with Crippen LogP contribution in [0.1, 0.15) is 20.8 Å². The van der Waals surface area contributed by atoms with Crippen LogP contribution in [0.25, 0.3) is 0 Å². The Bertz CT molecular complexity index is 326. The number of rotatable bonds is 2. The number of hydrogen-bond acceptors (Lipinski definition) is 5. The van der Waals surface area contributed by atoms with Crippen molar-refractivity contribution in [1.82, 2.24) is 4.90 Å². The number of nitrogens with zero attached hydrogens (tertiary/aromatic N) is 1. The van der Waals surface area contributed by atoms with Crippen molar-refractivity contribution in [2.75, 3.05) is 5.88 Å². The number of thioether (sulfide) groups is 1. The van der Waals surface area contributed by atoms with Crippen LogP contribution >= 0.6 is 32.8 Å². The first kappa shape index (κ1) is 14.9. The topological polar surface area (TPSA) is 55.8 Å². The Labute approximate surface area is 112 Å². The van der Waals surface area contributed by atoms with Crippen LogP contribution in [-0.4, -0.2) is 39.2 Å². The monoisotopic (exact) mass is 299 g/mol. The molecule has 5 nitrogen and oxygen atoms in total. The van der Waals surface area contributed by atoms with Crippen molar-refractivity contribution in [3.8, 4) is 0 Å². The molecule has 1 heterocycles. The molecule has 17 heavy (non-hydrogen) atoms. The van der Waals surface area contributed by atoms with Crippen LogP contribution in [-0.2, 0) is 14.1 Å². The van der Waals surface area contributed by atoms with Gasteiger partial charge in [0.05, 0.1) is 15.3 Å². The molecule has 3 atom stereocenters. The highest BCUT2D eigenvalue weighted by molar-refractivity contribution is 8.00. The van der Waals surface area contributed by atoms with Crippen molar-refractivity contribution in [3.05, 3.63) is 0 Å². The summed E-state index contributed by atoms with van der Waals surface area (Å²) in [6.07, 6.45) is -0.606. The molecule has 0 aromatic heterocycles. The summed E-state index contributed by atoms with van der Waals surface area (Å²) in [5.74, 6) is -0.107. The molecular weight excluding hydrogens is 285 g/mol. The molecule has 1 saturated heterocycles. The maximum Gasteiger partial charge on any atom is 0.412 e. The fourth-order valence-corrected chi connectivity index (χ4v) is 2.92. The van der Waals surface area contributed by atoms with Gasteiger partial charge in [-0.2, -0.15) is 0 Å². The highest BCUT2D eigenvalue weighted by Crippen LogP contribution is 2.40. The highest BCUT2D eigenvalue weighted by atomic mass is 35.5. The highest BCUT2D eigenvalue weighted by Gasteiger charge is 2.49. The van der Waals surface area contributed by atoms with Gasteiger partial charge in [-0.1, -0.05) is 11.6 Å². The Morgan fingerprint density at radius 2 is 2.18 bits per heavy atom. The lowest BCUT2D eigenvalue weighted by atomic mass is 10.0. The van der Waals surface area contributed by atoms with E-state index in [1.165, 1.54) is 23.6 Å². The van der Waals surface area contributed by atoms with E-state index in [4.69, 9.17) is 16.3 Å². The van der Waals surface area contributed by atoms with E-state index in [1.807, 2.05) is 23.3 Å². The number of carbonyl (C=O) groups is 2. The fraction of sp³-hybridized carbons (Fsp3) is 0.778.